The lowest BCUT2D eigenvalue weighted by Gasteiger charge is -2.13. The van der Waals surface area contributed by atoms with Crippen LogP contribution in [0.25, 0.3) is 0 Å². The third-order valence-electron chi connectivity index (χ3n) is 3.53. The Kier molecular flexibility index (Phi) is 7.50. The van der Waals surface area contributed by atoms with Crippen LogP contribution >= 0.6 is 23.4 Å². The number of amides is 1. The largest absolute Gasteiger partial charge is 0.354 e. The third kappa shape index (κ3) is 7.10. The van der Waals surface area contributed by atoms with Gasteiger partial charge in [-0.3, -0.25) is 4.79 Å². The first-order valence-electron chi connectivity index (χ1n) is 7.85. The molecule has 0 saturated carbocycles. The van der Waals surface area contributed by atoms with Crippen LogP contribution in [0, 0.1) is 0 Å². The van der Waals surface area contributed by atoms with E-state index in [-0.39, 0.29) is 11.9 Å². The lowest BCUT2D eigenvalue weighted by atomic mass is 10.1. The number of thioether (sulfide) groups is 1. The molecule has 0 spiro atoms. The van der Waals surface area contributed by atoms with Crippen molar-refractivity contribution in [3.8, 4) is 0 Å². The van der Waals surface area contributed by atoms with Gasteiger partial charge in [-0.05, 0) is 49.6 Å². The zero-order chi connectivity index (χ0) is 16.5. The van der Waals surface area contributed by atoms with E-state index in [0.717, 1.165) is 28.5 Å². The zero-order valence-corrected chi connectivity index (χ0v) is 14.9. The van der Waals surface area contributed by atoms with Gasteiger partial charge in [0.15, 0.2) is 0 Å². The van der Waals surface area contributed by atoms with Crippen LogP contribution < -0.4 is 5.32 Å². The van der Waals surface area contributed by atoms with E-state index in [1.807, 2.05) is 42.5 Å². The number of aryl methyl sites for hydroxylation is 1. The Morgan fingerprint density at radius 1 is 1.13 bits per heavy atom. The van der Waals surface area contributed by atoms with Gasteiger partial charge in [-0.2, -0.15) is 0 Å². The second-order valence-corrected chi connectivity index (χ2v) is 7.15. The Hall–Kier alpha value is -1.45. The molecule has 0 radical (unpaired) electrons. The molecule has 0 heterocycles. The molecule has 0 aliphatic rings. The van der Waals surface area contributed by atoms with Gasteiger partial charge >= 0.3 is 0 Å². The molecule has 0 fully saturated rings. The van der Waals surface area contributed by atoms with E-state index in [9.17, 15) is 4.79 Å². The molecule has 1 amide bonds. The first kappa shape index (κ1) is 17.9. The number of carbonyl (C=O) groups is 1. The van der Waals surface area contributed by atoms with Gasteiger partial charge in [0.2, 0.25) is 5.91 Å². The summed E-state index contributed by atoms with van der Waals surface area (Å²) in [7, 11) is 0. The molecule has 2 aromatic rings. The van der Waals surface area contributed by atoms with Crippen LogP contribution in [0.2, 0.25) is 5.02 Å². The molecule has 2 rings (SSSR count). The second kappa shape index (κ2) is 9.64. The Bertz CT molecular complexity index is 601. The van der Waals surface area contributed by atoms with Crippen molar-refractivity contribution in [2.24, 2.45) is 0 Å². The van der Waals surface area contributed by atoms with E-state index in [1.54, 1.807) is 11.8 Å². The van der Waals surface area contributed by atoms with Gasteiger partial charge in [0.25, 0.3) is 0 Å². The van der Waals surface area contributed by atoms with Gasteiger partial charge in [-0.25, -0.2) is 0 Å². The standard InChI is InChI=1S/C19H22ClNOS/c1-15(7-8-16-5-3-2-4-6-16)21-19(22)13-14-23-18-11-9-17(20)10-12-18/h2-6,9-12,15H,7-8,13-14H2,1H3,(H,21,22)/t15-/m1/s1. The minimum absolute atomic E-state index is 0.118. The molecule has 0 aliphatic heterocycles. The monoisotopic (exact) mass is 347 g/mol. The lowest BCUT2D eigenvalue weighted by molar-refractivity contribution is -0.121. The minimum Gasteiger partial charge on any atom is -0.354 e. The highest BCUT2D eigenvalue weighted by atomic mass is 35.5. The molecule has 122 valence electrons. The van der Waals surface area contributed by atoms with E-state index in [4.69, 9.17) is 11.6 Å². The Morgan fingerprint density at radius 2 is 1.83 bits per heavy atom. The van der Waals surface area contributed by atoms with Crippen molar-refractivity contribution in [1.29, 1.82) is 0 Å². The fourth-order valence-corrected chi connectivity index (χ4v) is 3.22. The van der Waals surface area contributed by atoms with Crippen molar-refractivity contribution in [2.75, 3.05) is 5.75 Å². The SMILES string of the molecule is C[C@H](CCc1ccccc1)NC(=O)CCSc1ccc(Cl)cc1. The molecule has 1 atom stereocenters. The topological polar surface area (TPSA) is 29.1 Å². The minimum atomic E-state index is 0.118. The lowest BCUT2D eigenvalue weighted by Crippen LogP contribution is -2.33. The highest BCUT2D eigenvalue weighted by Gasteiger charge is 2.07. The normalized spacial score (nSPS) is 11.9. The summed E-state index contributed by atoms with van der Waals surface area (Å²) in [5.74, 6) is 0.894. The van der Waals surface area contributed by atoms with Crippen molar-refractivity contribution in [2.45, 2.75) is 37.1 Å². The number of rotatable bonds is 8. The van der Waals surface area contributed by atoms with Crippen molar-refractivity contribution < 1.29 is 4.79 Å². The number of hydrogen-bond acceptors (Lipinski definition) is 2. The number of hydrogen-bond donors (Lipinski definition) is 1. The highest BCUT2D eigenvalue weighted by molar-refractivity contribution is 7.99. The number of nitrogens with one attached hydrogen (secondary N) is 1. The number of carbonyl (C=O) groups excluding carboxylic acids is 1. The second-order valence-electron chi connectivity index (χ2n) is 5.55. The molecule has 0 bridgehead atoms. The summed E-state index contributed by atoms with van der Waals surface area (Å²) < 4.78 is 0. The number of benzene rings is 2. The summed E-state index contributed by atoms with van der Waals surface area (Å²) in [6.07, 6.45) is 2.48. The first-order valence-corrected chi connectivity index (χ1v) is 9.21. The van der Waals surface area contributed by atoms with Gasteiger partial charge in [-0.15, -0.1) is 11.8 Å². The summed E-state index contributed by atoms with van der Waals surface area (Å²) in [5, 5.41) is 3.81. The highest BCUT2D eigenvalue weighted by Crippen LogP contribution is 2.20. The molecular formula is C19H22ClNOS. The maximum Gasteiger partial charge on any atom is 0.221 e. The van der Waals surface area contributed by atoms with Crippen molar-refractivity contribution in [1.82, 2.24) is 5.32 Å². The first-order chi connectivity index (χ1) is 11.1. The third-order valence-corrected chi connectivity index (χ3v) is 4.79. The average molecular weight is 348 g/mol. The van der Waals surface area contributed by atoms with Crippen LogP contribution in [-0.4, -0.2) is 17.7 Å². The smallest absolute Gasteiger partial charge is 0.221 e. The predicted molar refractivity (Wildman–Crippen MR) is 99.2 cm³/mol. The Labute approximate surface area is 147 Å². The van der Waals surface area contributed by atoms with Crippen LogP contribution in [0.5, 0.6) is 0 Å². The Balaban J connectivity index is 1.63. The fourth-order valence-electron chi connectivity index (χ4n) is 2.24. The molecule has 1 N–H and O–H groups in total. The van der Waals surface area contributed by atoms with E-state index in [1.165, 1.54) is 5.56 Å². The van der Waals surface area contributed by atoms with Crippen molar-refractivity contribution in [3.63, 3.8) is 0 Å². The molecule has 0 saturated heterocycles. The Morgan fingerprint density at radius 3 is 2.52 bits per heavy atom. The molecular weight excluding hydrogens is 326 g/mol. The van der Waals surface area contributed by atoms with Crippen molar-refractivity contribution in [3.05, 3.63) is 65.2 Å². The van der Waals surface area contributed by atoms with Crippen molar-refractivity contribution >= 4 is 29.3 Å². The molecule has 2 nitrogen and oxygen atoms in total. The van der Waals surface area contributed by atoms with Crippen LogP contribution in [0.3, 0.4) is 0 Å². The summed E-state index contributed by atoms with van der Waals surface area (Å²) in [6, 6.07) is 18.3. The van der Waals surface area contributed by atoms with Gasteiger partial charge < -0.3 is 5.32 Å². The van der Waals surface area contributed by atoms with Gasteiger partial charge in [0.05, 0.1) is 0 Å². The molecule has 23 heavy (non-hydrogen) atoms. The summed E-state index contributed by atoms with van der Waals surface area (Å²) >= 11 is 7.53. The molecule has 0 aromatic heterocycles. The average Bonchev–Trinajstić information content (AvgIpc) is 2.56. The van der Waals surface area contributed by atoms with E-state index >= 15 is 0 Å². The van der Waals surface area contributed by atoms with Crippen LogP contribution in [-0.2, 0) is 11.2 Å². The molecule has 0 unspecified atom stereocenters. The predicted octanol–water partition coefficient (Wildman–Crippen LogP) is 4.96. The van der Waals surface area contributed by atoms with Crippen LogP contribution in [0.1, 0.15) is 25.3 Å². The van der Waals surface area contributed by atoms with Gasteiger partial charge in [0.1, 0.15) is 0 Å². The van der Waals surface area contributed by atoms with Crippen LogP contribution in [0.15, 0.2) is 59.5 Å². The maximum absolute atomic E-state index is 12.0. The summed E-state index contributed by atoms with van der Waals surface area (Å²) in [4.78, 5) is 13.1. The summed E-state index contributed by atoms with van der Waals surface area (Å²) in [5.41, 5.74) is 1.31. The van der Waals surface area contributed by atoms with Gasteiger partial charge in [-0.1, -0.05) is 41.9 Å². The fraction of sp³-hybridized carbons (Fsp3) is 0.316. The maximum atomic E-state index is 12.0. The molecule has 4 heteroatoms. The van der Waals surface area contributed by atoms with E-state index in [2.05, 4.69) is 24.4 Å². The van der Waals surface area contributed by atoms with E-state index in [0.29, 0.717) is 6.42 Å². The summed E-state index contributed by atoms with van der Waals surface area (Å²) in [6.45, 7) is 2.06. The van der Waals surface area contributed by atoms with Gasteiger partial charge in [0, 0.05) is 28.1 Å². The zero-order valence-electron chi connectivity index (χ0n) is 13.3. The number of halogens is 1. The molecule has 2 aromatic carbocycles. The van der Waals surface area contributed by atoms with E-state index < -0.39 is 0 Å². The quantitative estimate of drug-likeness (QED) is 0.684. The molecule has 0 aliphatic carbocycles. The van der Waals surface area contributed by atoms with Crippen LogP contribution in [0.4, 0.5) is 0 Å².